The van der Waals surface area contributed by atoms with Crippen LogP contribution in [-0.2, 0) is 12.7 Å². The van der Waals surface area contributed by atoms with Gasteiger partial charge in [0.05, 0.1) is 17.7 Å². The van der Waals surface area contributed by atoms with Gasteiger partial charge in [0.1, 0.15) is 11.6 Å². The molecule has 0 radical (unpaired) electrons. The number of likely N-dealkylation sites (tertiary alicyclic amines) is 1. The van der Waals surface area contributed by atoms with Crippen molar-refractivity contribution in [1.82, 2.24) is 4.90 Å². The maximum Gasteiger partial charge on any atom is 0.416 e. The Morgan fingerprint density at radius 2 is 1.78 bits per heavy atom. The van der Waals surface area contributed by atoms with Gasteiger partial charge in [0.2, 0.25) is 0 Å². The normalized spacial score (nSPS) is 18.0. The lowest BCUT2D eigenvalue weighted by molar-refractivity contribution is -0.137. The molecule has 0 atom stereocenters. The van der Waals surface area contributed by atoms with Crippen molar-refractivity contribution in [3.8, 4) is 5.75 Å². The third-order valence-electron chi connectivity index (χ3n) is 6.15. The van der Waals surface area contributed by atoms with Crippen molar-refractivity contribution in [2.45, 2.75) is 44.3 Å². The van der Waals surface area contributed by atoms with Gasteiger partial charge >= 0.3 is 6.18 Å². The summed E-state index contributed by atoms with van der Waals surface area (Å²) in [5, 5.41) is 0.0809. The highest BCUT2D eigenvalue weighted by Crippen LogP contribution is 2.45. The van der Waals surface area contributed by atoms with Crippen molar-refractivity contribution in [2.75, 3.05) is 19.7 Å². The minimum atomic E-state index is -4.42. The van der Waals surface area contributed by atoms with Gasteiger partial charge in [-0.15, -0.1) is 0 Å². The van der Waals surface area contributed by atoms with Crippen LogP contribution in [0.1, 0.15) is 58.6 Å². The highest BCUT2D eigenvalue weighted by atomic mass is 35.5. The van der Waals surface area contributed by atoms with Crippen LogP contribution in [0.4, 0.5) is 17.6 Å². The van der Waals surface area contributed by atoms with E-state index in [9.17, 15) is 22.4 Å². The molecule has 2 aromatic carbocycles. The van der Waals surface area contributed by atoms with Crippen LogP contribution in [0.2, 0.25) is 5.02 Å². The van der Waals surface area contributed by atoms with Gasteiger partial charge in [-0.2, -0.15) is 13.2 Å². The van der Waals surface area contributed by atoms with Crippen molar-refractivity contribution < 1.29 is 27.1 Å². The van der Waals surface area contributed by atoms with E-state index in [2.05, 4.69) is 4.90 Å². The third kappa shape index (κ3) is 5.62. The summed E-state index contributed by atoms with van der Waals surface area (Å²) in [6, 6.07) is 6.57. The van der Waals surface area contributed by atoms with Crippen LogP contribution >= 0.6 is 11.6 Å². The van der Waals surface area contributed by atoms with E-state index in [0.717, 1.165) is 56.5 Å². The van der Waals surface area contributed by atoms with Crippen LogP contribution in [0.25, 0.3) is 0 Å². The van der Waals surface area contributed by atoms with E-state index >= 15 is 0 Å². The number of alkyl halides is 3. The Balaban J connectivity index is 1.32. The summed E-state index contributed by atoms with van der Waals surface area (Å²) in [5.74, 6) is 0.535. The summed E-state index contributed by atoms with van der Waals surface area (Å²) in [4.78, 5) is 13.1. The molecular weight excluding hydrogens is 446 g/mol. The van der Waals surface area contributed by atoms with Gasteiger partial charge in [0.25, 0.3) is 0 Å². The minimum Gasteiger partial charge on any atom is -0.493 e. The van der Waals surface area contributed by atoms with Crippen molar-refractivity contribution in [3.63, 3.8) is 0 Å². The Hall–Kier alpha value is -2.12. The highest BCUT2D eigenvalue weighted by Gasteiger charge is 2.32. The van der Waals surface area contributed by atoms with Crippen LogP contribution in [0, 0.1) is 11.7 Å². The molecule has 1 aliphatic carbocycles. The standard InChI is InChI=1S/C24H24ClF4NO2/c25-20-8-16(7-19(10-20)24(27,28)29)12-30-5-3-15(4-6-30)14-32-23-11-22(26)18(13-31)9-21(23)17-1-2-17/h7-11,13,15,17H,1-6,12,14H2. The Labute approximate surface area is 189 Å². The summed E-state index contributed by atoms with van der Waals surface area (Å²) in [7, 11) is 0. The molecule has 0 amide bonds. The molecule has 1 heterocycles. The number of carbonyl (C=O) groups is 1. The lowest BCUT2D eigenvalue weighted by atomic mass is 9.97. The van der Waals surface area contributed by atoms with Gasteiger partial charge in [0, 0.05) is 17.6 Å². The second-order valence-electron chi connectivity index (χ2n) is 8.68. The first-order chi connectivity index (χ1) is 15.2. The Bertz CT molecular complexity index is 983. The molecule has 2 fully saturated rings. The zero-order valence-electron chi connectivity index (χ0n) is 17.4. The monoisotopic (exact) mass is 469 g/mol. The molecule has 0 bridgehead atoms. The Morgan fingerprint density at radius 1 is 1.06 bits per heavy atom. The Kier molecular flexibility index (Phi) is 6.77. The third-order valence-corrected chi connectivity index (χ3v) is 6.36. The van der Waals surface area contributed by atoms with Gasteiger partial charge in [-0.1, -0.05) is 11.6 Å². The number of benzene rings is 2. The van der Waals surface area contributed by atoms with Gasteiger partial charge in [0.15, 0.2) is 6.29 Å². The predicted octanol–water partition coefficient (Wildman–Crippen LogP) is 6.48. The molecule has 172 valence electrons. The van der Waals surface area contributed by atoms with Crippen LogP contribution in [-0.4, -0.2) is 30.9 Å². The molecule has 4 rings (SSSR count). The quantitative estimate of drug-likeness (QED) is 0.343. The molecule has 0 spiro atoms. The van der Waals surface area contributed by atoms with Crippen LogP contribution in [0.15, 0.2) is 30.3 Å². The van der Waals surface area contributed by atoms with Gasteiger partial charge in [-0.25, -0.2) is 4.39 Å². The molecule has 0 aromatic heterocycles. The molecule has 8 heteroatoms. The highest BCUT2D eigenvalue weighted by molar-refractivity contribution is 6.30. The number of hydrogen-bond donors (Lipinski definition) is 0. The summed E-state index contributed by atoms with van der Waals surface area (Å²) in [5.41, 5.74) is 0.761. The fourth-order valence-electron chi connectivity index (χ4n) is 4.20. The topological polar surface area (TPSA) is 29.5 Å². The second kappa shape index (κ2) is 9.40. The summed E-state index contributed by atoms with van der Waals surface area (Å²) >= 11 is 5.88. The molecular formula is C24H24ClF4NO2. The average Bonchev–Trinajstić information content (AvgIpc) is 3.57. The summed E-state index contributed by atoms with van der Waals surface area (Å²) in [6.45, 7) is 2.32. The number of aldehydes is 1. The smallest absolute Gasteiger partial charge is 0.416 e. The van der Waals surface area contributed by atoms with E-state index in [1.165, 1.54) is 6.07 Å². The summed E-state index contributed by atoms with van der Waals surface area (Å²) in [6.07, 6.45) is -0.206. The number of carbonyl (C=O) groups excluding carboxylic acids is 1. The maximum absolute atomic E-state index is 14.1. The average molecular weight is 470 g/mol. The molecule has 0 unspecified atom stereocenters. The van der Waals surface area contributed by atoms with E-state index < -0.39 is 17.6 Å². The van der Waals surface area contributed by atoms with E-state index in [1.807, 2.05) is 0 Å². The maximum atomic E-state index is 14.1. The zero-order valence-corrected chi connectivity index (χ0v) is 18.2. The Morgan fingerprint density at radius 3 is 2.41 bits per heavy atom. The zero-order chi connectivity index (χ0) is 22.9. The van der Waals surface area contributed by atoms with Gasteiger partial charge < -0.3 is 4.74 Å². The second-order valence-corrected chi connectivity index (χ2v) is 9.12. The van der Waals surface area contributed by atoms with Crippen LogP contribution in [0.5, 0.6) is 5.75 Å². The summed E-state index contributed by atoms with van der Waals surface area (Å²) < 4.78 is 59.1. The molecule has 1 saturated heterocycles. The number of piperidine rings is 1. The molecule has 32 heavy (non-hydrogen) atoms. The van der Waals surface area contributed by atoms with E-state index in [-0.39, 0.29) is 16.5 Å². The van der Waals surface area contributed by atoms with Crippen molar-refractivity contribution in [1.29, 1.82) is 0 Å². The lowest BCUT2D eigenvalue weighted by Crippen LogP contribution is -2.35. The first-order valence-corrected chi connectivity index (χ1v) is 11.1. The van der Waals surface area contributed by atoms with Crippen molar-refractivity contribution in [2.24, 2.45) is 5.92 Å². The number of nitrogens with zero attached hydrogens (tertiary/aromatic N) is 1. The SMILES string of the molecule is O=Cc1cc(C2CC2)c(OCC2CCN(Cc3cc(Cl)cc(C(F)(F)F)c3)CC2)cc1F. The van der Waals surface area contributed by atoms with Crippen molar-refractivity contribution in [3.05, 3.63) is 63.4 Å². The first kappa shape index (κ1) is 23.1. The molecule has 1 aliphatic heterocycles. The van der Waals surface area contributed by atoms with E-state index in [0.29, 0.717) is 36.7 Å². The minimum absolute atomic E-state index is 0.0576. The predicted molar refractivity (Wildman–Crippen MR) is 114 cm³/mol. The van der Waals surface area contributed by atoms with Crippen LogP contribution in [0.3, 0.4) is 0 Å². The van der Waals surface area contributed by atoms with E-state index in [1.54, 1.807) is 12.1 Å². The van der Waals surface area contributed by atoms with Gasteiger partial charge in [-0.05, 0) is 86.0 Å². The number of ether oxygens (including phenoxy) is 1. The molecule has 2 aromatic rings. The number of rotatable bonds is 7. The number of halogens is 5. The van der Waals surface area contributed by atoms with E-state index in [4.69, 9.17) is 16.3 Å². The molecule has 0 N–H and O–H groups in total. The molecule has 2 aliphatic rings. The molecule has 3 nitrogen and oxygen atoms in total. The van der Waals surface area contributed by atoms with Gasteiger partial charge in [-0.3, -0.25) is 9.69 Å². The first-order valence-electron chi connectivity index (χ1n) is 10.7. The molecule has 1 saturated carbocycles. The fraction of sp³-hybridized carbons (Fsp3) is 0.458. The fourth-order valence-corrected chi connectivity index (χ4v) is 4.46. The largest absolute Gasteiger partial charge is 0.493 e. The number of hydrogen-bond acceptors (Lipinski definition) is 3. The lowest BCUT2D eigenvalue weighted by Gasteiger charge is -2.32. The van der Waals surface area contributed by atoms with Crippen LogP contribution < -0.4 is 4.74 Å². The van der Waals surface area contributed by atoms with Crippen molar-refractivity contribution >= 4 is 17.9 Å².